The van der Waals surface area contributed by atoms with Crippen LogP contribution in [0.25, 0.3) is 5.69 Å². The SMILES string of the molecule is O=C(NCc1cn(-c2c(F)c(F)c(C(=O)O)c(F)c2F)nn1)NC(Cc1ccccc1)(c1ccc(F)cc1)c1cc(F)cc(OC(F)(F)C(F)F)c1. The smallest absolute Gasteiger partial charge is 0.461 e. The molecular formula is C33H21F10N5O4. The molecule has 0 aliphatic rings. The summed E-state index contributed by atoms with van der Waals surface area (Å²) in [4.78, 5) is 24.6. The van der Waals surface area contributed by atoms with Crippen molar-refractivity contribution in [3.8, 4) is 11.4 Å². The van der Waals surface area contributed by atoms with Gasteiger partial charge in [0, 0.05) is 12.5 Å². The molecule has 5 aromatic rings. The maximum absolute atomic E-state index is 15.0. The van der Waals surface area contributed by atoms with Crippen molar-refractivity contribution in [3.63, 3.8) is 0 Å². The molecule has 0 fully saturated rings. The second-order valence-electron chi connectivity index (χ2n) is 11.0. The van der Waals surface area contributed by atoms with Gasteiger partial charge < -0.3 is 20.5 Å². The predicted octanol–water partition coefficient (Wildman–Crippen LogP) is 7.02. The lowest BCUT2D eigenvalue weighted by molar-refractivity contribution is -0.253. The fourth-order valence-electron chi connectivity index (χ4n) is 5.17. The van der Waals surface area contributed by atoms with Crippen LogP contribution in [0.5, 0.6) is 5.75 Å². The number of aromatic carboxylic acids is 1. The zero-order valence-corrected chi connectivity index (χ0v) is 25.8. The number of nitrogens with zero attached hydrogens (tertiary/aromatic N) is 3. The molecule has 52 heavy (non-hydrogen) atoms. The number of amides is 2. The van der Waals surface area contributed by atoms with E-state index in [1.165, 1.54) is 12.1 Å². The van der Waals surface area contributed by atoms with Crippen LogP contribution in [0.1, 0.15) is 32.7 Å². The minimum atomic E-state index is -5.05. The van der Waals surface area contributed by atoms with Gasteiger partial charge in [-0.1, -0.05) is 47.7 Å². The highest BCUT2D eigenvalue weighted by molar-refractivity contribution is 5.88. The fourth-order valence-corrected chi connectivity index (χ4v) is 5.17. The third-order valence-electron chi connectivity index (χ3n) is 7.50. The van der Waals surface area contributed by atoms with Gasteiger partial charge in [0.2, 0.25) is 0 Å². The molecule has 0 aliphatic heterocycles. The molecule has 3 N–H and O–H groups in total. The van der Waals surface area contributed by atoms with Gasteiger partial charge in [-0.15, -0.1) is 5.10 Å². The molecular weight excluding hydrogens is 720 g/mol. The number of carboxylic acids is 1. The molecule has 5 rings (SSSR count). The zero-order chi connectivity index (χ0) is 38.0. The van der Waals surface area contributed by atoms with Crippen LogP contribution in [0.2, 0.25) is 0 Å². The molecule has 0 bridgehead atoms. The van der Waals surface area contributed by atoms with Gasteiger partial charge in [0.05, 0.1) is 18.3 Å². The van der Waals surface area contributed by atoms with Crippen molar-refractivity contribution >= 4 is 12.0 Å². The van der Waals surface area contributed by atoms with E-state index in [1.54, 1.807) is 30.3 Å². The van der Waals surface area contributed by atoms with Crippen LogP contribution >= 0.6 is 0 Å². The van der Waals surface area contributed by atoms with Gasteiger partial charge in [-0.3, -0.25) is 0 Å². The highest BCUT2D eigenvalue weighted by Crippen LogP contribution is 2.38. The second kappa shape index (κ2) is 14.6. The van der Waals surface area contributed by atoms with E-state index in [0.717, 1.165) is 30.5 Å². The number of aromatic nitrogens is 3. The first-order valence-electron chi connectivity index (χ1n) is 14.5. The van der Waals surface area contributed by atoms with Crippen molar-refractivity contribution in [2.45, 2.75) is 31.0 Å². The van der Waals surface area contributed by atoms with Gasteiger partial charge in [0.25, 0.3) is 0 Å². The Morgan fingerprint density at radius 1 is 0.827 bits per heavy atom. The molecule has 272 valence electrons. The minimum absolute atomic E-state index is 0.0378. The maximum atomic E-state index is 15.0. The number of ether oxygens (including phenoxy) is 1. The average Bonchev–Trinajstić information content (AvgIpc) is 3.55. The van der Waals surface area contributed by atoms with Crippen LogP contribution in [-0.4, -0.2) is 44.6 Å². The first kappa shape index (κ1) is 37.1. The van der Waals surface area contributed by atoms with Gasteiger partial charge in [-0.25, -0.2) is 40.6 Å². The maximum Gasteiger partial charge on any atom is 0.461 e. The van der Waals surface area contributed by atoms with Crippen LogP contribution in [0.3, 0.4) is 0 Å². The summed E-state index contributed by atoms with van der Waals surface area (Å²) in [6.45, 7) is -0.629. The van der Waals surface area contributed by atoms with E-state index in [0.29, 0.717) is 11.6 Å². The molecule has 0 radical (unpaired) electrons. The molecule has 1 heterocycles. The van der Waals surface area contributed by atoms with Crippen molar-refractivity contribution in [2.24, 2.45) is 0 Å². The number of urea groups is 1. The van der Waals surface area contributed by atoms with Crippen molar-refractivity contribution < 1.29 is 63.3 Å². The Morgan fingerprint density at radius 3 is 2.06 bits per heavy atom. The number of carboxylic acid groups (broad SMARTS) is 1. The molecule has 1 unspecified atom stereocenters. The number of alkyl halides is 4. The highest BCUT2D eigenvalue weighted by atomic mass is 19.3. The zero-order valence-electron chi connectivity index (χ0n) is 25.8. The Kier molecular flexibility index (Phi) is 10.4. The summed E-state index contributed by atoms with van der Waals surface area (Å²) in [6, 6.07) is 13.1. The number of hydrogen-bond acceptors (Lipinski definition) is 5. The summed E-state index contributed by atoms with van der Waals surface area (Å²) in [5, 5.41) is 20.7. The fraction of sp³-hybridized carbons (Fsp3) is 0.152. The summed E-state index contributed by atoms with van der Waals surface area (Å²) in [5.74, 6) is -14.0. The molecule has 19 heteroatoms. The Labute approximate surface area is 285 Å². The van der Waals surface area contributed by atoms with Crippen molar-refractivity contribution in [1.82, 2.24) is 25.6 Å². The number of benzene rings is 4. The van der Waals surface area contributed by atoms with E-state index in [2.05, 4.69) is 25.7 Å². The molecule has 4 aromatic carbocycles. The number of hydrogen-bond donors (Lipinski definition) is 3. The third-order valence-corrected chi connectivity index (χ3v) is 7.50. The quantitative estimate of drug-likeness (QED) is 0.0935. The van der Waals surface area contributed by atoms with Crippen LogP contribution in [0.4, 0.5) is 48.7 Å². The van der Waals surface area contributed by atoms with E-state index in [-0.39, 0.29) is 27.9 Å². The van der Waals surface area contributed by atoms with Crippen molar-refractivity contribution in [1.29, 1.82) is 0 Å². The van der Waals surface area contributed by atoms with Gasteiger partial charge in [-0.05, 0) is 41.0 Å². The lowest BCUT2D eigenvalue weighted by atomic mass is 9.77. The van der Waals surface area contributed by atoms with Crippen molar-refractivity contribution in [3.05, 3.63) is 142 Å². The Hall–Kier alpha value is -6.14. The van der Waals surface area contributed by atoms with Crippen LogP contribution in [0, 0.1) is 34.9 Å². The van der Waals surface area contributed by atoms with E-state index in [4.69, 9.17) is 5.11 Å². The Bertz CT molecular complexity index is 2090. The molecule has 0 aliphatic carbocycles. The molecule has 0 saturated carbocycles. The topological polar surface area (TPSA) is 118 Å². The van der Waals surface area contributed by atoms with E-state index < -0.39 is 88.5 Å². The molecule has 0 saturated heterocycles. The number of rotatable bonds is 12. The Balaban J connectivity index is 1.52. The third kappa shape index (κ3) is 7.62. The van der Waals surface area contributed by atoms with Crippen LogP contribution in [-0.2, 0) is 18.5 Å². The largest absolute Gasteiger partial charge is 0.477 e. The standard InChI is InChI=1S/C33H21F10N5O4/c34-19-8-6-17(7-9-19)32(13-16-4-2-1-3-5-16,18-10-20(35)12-22(11-18)52-33(42,43)30(40)41)45-31(51)44-14-21-15-48(47-46-21)28-26(38)24(36)23(29(49)50)25(37)27(28)39/h1-12,15,30H,13-14H2,(H,49,50)(H2,44,45,51). The monoisotopic (exact) mass is 741 g/mol. The summed E-state index contributed by atoms with van der Waals surface area (Å²) >= 11 is 0. The molecule has 1 aromatic heterocycles. The van der Waals surface area contributed by atoms with Crippen LogP contribution < -0.4 is 15.4 Å². The highest BCUT2D eigenvalue weighted by Gasteiger charge is 2.45. The van der Waals surface area contributed by atoms with Gasteiger partial charge in [-0.2, -0.15) is 17.6 Å². The lowest BCUT2D eigenvalue weighted by Crippen LogP contribution is -2.52. The lowest BCUT2D eigenvalue weighted by Gasteiger charge is -2.37. The normalized spacial score (nSPS) is 12.8. The molecule has 0 spiro atoms. The van der Waals surface area contributed by atoms with Gasteiger partial charge >= 0.3 is 24.5 Å². The summed E-state index contributed by atoms with van der Waals surface area (Å²) in [6.07, 6.45) is -8.91. The van der Waals surface area contributed by atoms with Crippen molar-refractivity contribution in [2.75, 3.05) is 0 Å². The predicted molar refractivity (Wildman–Crippen MR) is 159 cm³/mol. The number of carbonyl (C=O) groups excluding carboxylic acids is 1. The first-order chi connectivity index (χ1) is 24.5. The first-order valence-corrected chi connectivity index (χ1v) is 14.5. The van der Waals surface area contributed by atoms with Crippen LogP contribution in [0.15, 0.2) is 79.0 Å². The molecule has 2 amide bonds. The Morgan fingerprint density at radius 2 is 1.46 bits per heavy atom. The van der Waals surface area contributed by atoms with E-state index >= 15 is 4.39 Å². The summed E-state index contributed by atoms with van der Waals surface area (Å²) in [7, 11) is 0. The average molecular weight is 742 g/mol. The van der Waals surface area contributed by atoms with Gasteiger partial charge in [0.1, 0.15) is 34.3 Å². The molecule has 1 atom stereocenters. The molecule has 9 nitrogen and oxygen atoms in total. The summed E-state index contributed by atoms with van der Waals surface area (Å²) in [5.41, 5.74) is -5.50. The summed E-state index contributed by atoms with van der Waals surface area (Å²) < 4.78 is 145. The number of carbonyl (C=O) groups is 2. The van der Waals surface area contributed by atoms with E-state index in [1.807, 2.05) is 0 Å². The second-order valence-corrected chi connectivity index (χ2v) is 11.0. The number of halogens is 10. The van der Waals surface area contributed by atoms with Gasteiger partial charge in [0.15, 0.2) is 23.3 Å². The van der Waals surface area contributed by atoms with E-state index in [9.17, 15) is 49.1 Å². The number of nitrogens with one attached hydrogen (secondary N) is 2. The minimum Gasteiger partial charge on any atom is -0.477 e.